The molecular weight excluding hydrogens is 436 g/mol. The van der Waals surface area contributed by atoms with Crippen LogP contribution in [0.25, 0.3) is 11.3 Å². The zero-order chi connectivity index (χ0) is 23.5. The molecule has 3 amide bonds. The van der Waals surface area contributed by atoms with E-state index in [1.165, 1.54) is 6.26 Å². The highest BCUT2D eigenvalue weighted by molar-refractivity contribution is 5.94. The predicted octanol–water partition coefficient (Wildman–Crippen LogP) is 1.90. The minimum Gasteiger partial charge on any atom is -0.459 e. The second-order valence-corrected chi connectivity index (χ2v) is 8.59. The Hall–Kier alpha value is -3.95. The molecule has 0 radical (unpaired) electrons. The number of aromatic amines is 1. The maximum absolute atomic E-state index is 13.2. The molecule has 176 valence electrons. The van der Waals surface area contributed by atoms with E-state index >= 15 is 0 Å². The standard InChI is InChI=1S/C24H26N6O4/c31-22(28-10-12-29(13-11-28)24(33)21-4-2-14-34-21)18-3-1-9-30(16-18)23(32)20-15-19(26-27-20)17-5-7-25-8-6-17/h2,4-8,14-15,18H,1,3,9-13,16H2,(H,26,27)/t18-/m0/s1. The van der Waals surface area contributed by atoms with E-state index in [4.69, 9.17) is 4.42 Å². The van der Waals surface area contributed by atoms with E-state index in [1.807, 2.05) is 17.0 Å². The third-order valence-electron chi connectivity index (χ3n) is 6.45. The summed E-state index contributed by atoms with van der Waals surface area (Å²) in [7, 11) is 0. The molecule has 0 bridgehead atoms. The summed E-state index contributed by atoms with van der Waals surface area (Å²) in [5, 5.41) is 7.09. The molecule has 3 aromatic rings. The summed E-state index contributed by atoms with van der Waals surface area (Å²) in [6.45, 7) is 2.88. The molecule has 2 saturated heterocycles. The number of likely N-dealkylation sites (tertiary alicyclic amines) is 1. The number of amides is 3. The number of nitrogens with zero attached hydrogens (tertiary/aromatic N) is 5. The number of piperidine rings is 1. The van der Waals surface area contributed by atoms with Crippen molar-refractivity contribution in [3.8, 4) is 11.3 Å². The van der Waals surface area contributed by atoms with Crippen molar-refractivity contribution in [2.75, 3.05) is 39.3 Å². The van der Waals surface area contributed by atoms with Crippen molar-refractivity contribution < 1.29 is 18.8 Å². The maximum atomic E-state index is 13.2. The van der Waals surface area contributed by atoms with Crippen molar-refractivity contribution in [1.82, 2.24) is 29.9 Å². The Bertz CT molecular complexity index is 1150. The summed E-state index contributed by atoms with van der Waals surface area (Å²) in [4.78, 5) is 48.0. The quantitative estimate of drug-likeness (QED) is 0.633. The Morgan fingerprint density at radius 1 is 0.941 bits per heavy atom. The van der Waals surface area contributed by atoms with Crippen LogP contribution in [-0.4, -0.2) is 86.9 Å². The fourth-order valence-electron chi connectivity index (χ4n) is 4.58. The van der Waals surface area contributed by atoms with E-state index in [0.717, 1.165) is 18.4 Å². The fourth-order valence-corrected chi connectivity index (χ4v) is 4.58. The molecular formula is C24H26N6O4. The van der Waals surface area contributed by atoms with Gasteiger partial charge in [-0.05, 0) is 43.2 Å². The number of carbonyl (C=O) groups is 3. The van der Waals surface area contributed by atoms with Crippen LogP contribution in [0.3, 0.4) is 0 Å². The lowest BCUT2D eigenvalue weighted by Gasteiger charge is -2.38. The first-order chi connectivity index (χ1) is 16.6. The molecule has 3 aromatic heterocycles. The third-order valence-corrected chi connectivity index (χ3v) is 6.45. The van der Waals surface area contributed by atoms with Crippen LogP contribution in [0.2, 0.25) is 0 Å². The highest BCUT2D eigenvalue weighted by atomic mass is 16.3. The van der Waals surface area contributed by atoms with Gasteiger partial charge >= 0.3 is 0 Å². The Morgan fingerprint density at radius 2 is 1.71 bits per heavy atom. The summed E-state index contributed by atoms with van der Waals surface area (Å²) in [6, 6.07) is 8.74. The number of aromatic nitrogens is 3. The van der Waals surface area contributed by atoms with Gasteiger partial charge in [-0.2, -0.15) is 5.10 Å². The maximum Gasteiger partial charge on any atom is 0.289 e. The number of piperazine rings is 1. The van der Waals surface area contributed by atoms with Crippen LogP contribution in [0.4, 0.5) is 0 Å². The Labute approximate surface area is 196 Å². The van der Waals surface area contributed by atoms with E-state index < -0.39 is 0 Å². The molecule has 0 saturated carbocycles. The van der Waals surface area contributed by atoms with Crippen LogP contribution in [0, 0.1) is 5.92 Å². The predicted molar refractivity (Wildman–Crippen MR) is 122 cm³/mol. The van der Waals surface area contributed by atoms with Crippen LogP contribution in [0.1, 0.15) is 33.9 Å². The lowest BCUT2D eigenvalue weighted by Crippen LogP contribution is -2.54. The van der Waals surface area contributed by atoms with Gasteiger partial charge in [0.2, 0.25) is 5.91 Å². The first-order valence-electron chi connectivity index (χ1n) is 11.5. The molecule has 0 aliphatic carbocycles. The van der Waals surface area contributed by atoms with Gasteiger partial charge in [0.15, 0.2) is 5.76 Å². The molecule has 0 aromatic carbocycles. The molecule has 2 fully saturated rings. The van der Waals surface area contributed by atoms with Gasteiger partial charge in [-0.25, -0.2) is 0 Å². The minimum absolute atomic E-state index is 0.0460. The molecule has 5 heterocycles. The van der Waals surface area contributed by atoms with Crippen LogP contribution in [0.15, 0.2) is 53.4 Å². The van der Waals surface area contributed by atoms with Crippen molar-refractivity contribution in [1.29, 1.82) is 0 Å². The summed E-state index contributed by atoms with van der Waals surface area (Å²) in [5.74, 6) is -0.194. The number of nitrogens with one attached hydrogen (secondary N) is 1. The number of carbonyl (C=O) groups excluding carboxylic acids is 3. The molecule has 5 rings (SSSR count). The van der Waals surface area contributed by atoms with Gasteiger partial charge in [0.25, 0.3) is 11.8 Å². The van der Waals surface area contributed by atoms with Crippen molar-refractivity contribution in [3.05, 3.63) is 60.4 Å². The van der Waals surface area contributed by atoms with E-state index in [9.17, 15) is 14.4 Å². The van der Waals surface area contributed by atoms with Gasteiger partial charge in [-0.15, -0.1) is 0 Å². The Kier molecular flexibility index (Phi) is 6.11. The van der Waals surface area contributed by atoms with Gasteiger partial charge in [0.1, 0.15) is 5.69 Å². The van der Waals surface area contributed by atoms with Gasteiger partial charge in [0, 0.05) is 57.2 Å². The van der Waals surface area contributed by atoms with E-state index in [2.05, 4.69) is 15.2 Å². The Morgan fingerprint density at radius 3 is 2.44 bits per heavy atom. The van der Waals surface area contributed by atoms with E-state index in [-0.39, 0.29) is 23.6 Å². The van der Waals surface area contributed by atoms with Gasteiger partial charge in [0.05, 0.1) is 17.9 Å². The molecule has 0 unspecified atom stereocenters. The van der Waals surface area contributed by atoms with Crippen LogP contribution in [0.5, 0.6) is 0 Å². The zero-order valence-electron chi connectivity index (χ0n) is 18.7. The van der Waals surface area contributed by atoms with Gasteiger partial charge < -0.3 is 19.1 Å². The van der Waals surface area contributed by atoms with Crippen LogP contribution >= 0.6 is 0 Å². The first-order valence-corrected chi connectivity index (χ1v) is 11.5. The van der Waals surface area contributed by atoms with Crippen molar-refractivity contribution >= 4 is 17.7 Å². The summed E-state index contributed by atoms with van der Waals surface area (Å²) in [6.07, 6.45) is 6.36. The molecule has 0 spiro atoms. The molecule has 10 heteroatoms. The highest BCUT2D eigenvalue weighted by Crippen LogP contribution is 2.23. The SMILES string of the molecule is O=C(c1cc(-c2ccncc2)n[nH]1)N1CCC[C@H](C(=O)N2CCN(C(=O)c3ccco3)CC2)C1. The molecule has 1 atom stereocenters. The number of hydrogen-bond acceptors (Lipinski definition) is 6. The van der Waals surface area contributed by atoms with Crippen LogP contribution < -0.4 is 0 Å². The second-order valence-electron chi connectivity index (χ2n) is 8.59. The topological polar surface area (TPSA) is 116 Å². The Balaban J connectivity index is 1.18. The molecule has 1 N–H and O–H groups in total. The minimum atomic E-state index is -0.243. The number of hydrogen-bond donors (Lipinski definition) is 1. The lowest BCUT2D eigenvalue weighted by molar-refractivity contribution is -0.138. The number of furan rings is 1. The highest BCUT2D eigenvalue weighted by Gasteiger charge is 2.34. The lowest BCUT2D eigenvalue weighted by atomic mass is 9.96. The summed E-state index contributed by atoms with van der Waals surface area (Å²) >= 11 is 0. The van der Waals surface area contributed by atoms with Gasteiger partial charge in [-0.3, -0.25) is 24.5 Å². The second kappa shape index (κ2) is 9.50. The van der Waals surface area contributed by atoms with Crippen molar-refractivity contribution in [2.24, 2.45) is 5.92 Å². The van der Waals surface area contributed by atoms with E-state index in [1.54, 1.807) is 40.4 Å². The average Bonchev–Trinajstić information content (AvgIpc) is 3.61. The molecule has 10 nitrogen and oxygen atoms in total. The molecule has 2 aliphatic heterocycles. The average molecular weight is 463 g/mol. The zero-order valence-corrected chi connectivity index (χ0v) is 18.7. The summed E-state index contributed by atoms with van der Waals surface area (Å²) in [5.41, 5.74) is 1.96. The number of H-pyrrole nitrogens is 1. The van der Waals surface area contributed by atoms with Gasteiger partial charge in [-0.1, -0.05) is 0 Å². The van der Waals surface area contributed by atoms with E-state index in [0.29, 0.717) is 56.4 Å². The van der Waals surface area contributed by atoms with Crippen molar-refractivity contribution in [2.45, 2.75) is 12.8 Å². The normalized spacial score (nSPS) is 18.7. The molecule has 2 aliphatic rings. The monoisotopic (exact) mass is 462 g/mol. The third kappa shape index (κ3) is 4.43. The van der Waals surface area contributed by atoms with Crippen molar-refractivity contribution in [3.63, 3.8) is 0 Å². The fraction of sp³-hybridized carbons (Fsp3) is 0.375. The smallest absolute Gasteiger partial charge is 0.289 e. The van der Waals surface area contributed by atoms with Crippen LogP contribution in [-0.2, 0) is 4.79 Å². The largest absolute Gasteiger partial charge is 0.459 e. The first kappa shape index (κ1) is 21.9. The molecule has 34 heavy (non-hydrogen) atoms. The number of pyridine rings is 1. The number of rotatable bonds is 4. The summed E-state index contributed by atoms with van der Waals surface area (Å²) < 4.78 is 5.20.